The van der Waals surface area contributed by atoms with E-state index in [-0.39, 0.29) is 11.8 Å². The minimum atomic E-state index is -0.414. The zero-order valence-electron chi connectivity index (χ0n) is 18.8. The molecule has 7 heteroatoms. The van der Waals surface area contributed by atoms with Gasteiger partial charge in [0.2, 0.25) is 5.91 Å². The fourth-order valence-corrected chi connectivity index (χ4v) is 4.88. The number of aliphatic imine (C=N–C) groups is 2. The second-order valence-corrected chi connectivity index (χ2v) is 9.67. The molecule has 0 fully saturated rings. The van der Waals surface area contributed by atoms with E-state index >= 15 is 0 Å². The number of hydrogen-bond acceptors (Lipinski definition) is 5. The quantitative estimate of drug-likeness (QED) is 0.664. The molecule has 0 radical (unpaired) electrons. The van der Waals surface area contributed by atoms with Crippen LogP contribution in [0.15, 0.2) is 58.5 Å². The average Bonchev–Trinajstić information content (AvgIpc) is 3.09. The molecular weight excluding hydrogens is 420 g/mol. The number of anilines is 1. The number of aryl methyl sites for hydroxylation is 1. The van der Waals surface area contributed by atoms with Gasteiger partial charge in [0, 0.05) is 11.3 Å². The maximum Gasteiger partial charge on any atom is 0.259 e. The third kappa shape index (κ3) is 4.35. The van der Waals surface area contributed by atoms with Crippen LogP contribution in [0.5, 0.6) is 0 Å². The second kappa shape index (κ2) is 9.28. The Morgan fingerprint density at radius 1 is 1.16 bits per heavy atom. The van der Waals surface area contributed by atoms with E-state index in [2.05, 4.69) is 19.2 Å². The van der Waals surface area contributed by atoms with Gasteiger partial charge in [-0.25, -0.2) is 9.89 Å². The summed E-state index contributed by atoms with van der Waals surface area (Å²) in [6.45, 7) is 8.11. The van der Waals surface area contributed by atoms with Gasteiger partial charge in [0.1, 0.15) is 11.9 Å². The first-order valence-electron chi connectivity index (χ1n) is 11.0. The summed E-state index contributed by atoms with van der Waals surface area (Å²) in [5.41, 5.74) is 3.43. The van der Waals surface area contributed by atoms with E-state index in [1.54, 1.807) is 4.90 Å². The van der Waals surface area contributed by atoms with Crippen LogP contribution in [0.1, 0.15) is 44.7 Å². The van der Waals surface area contributed by atoms with Gasteiger partial charge in [-0.1, -0.05) is 62.9 Å². The lowest BCUT2D eigenvalue weighted by Crippen LogP contribution is -2.42. The highest BCUT2D eigenvalue weighted by molar-refractivity contribution is 8.15. The molecule has 2 aromatic rings. The number of hydrogen-bond donors (Lipinski definition) is 1. The third-order valence-electron chi connectivity index (χ3n) is 5.56. The fraction of sp³-hybridized carbons (Fsp3) is 0.360. The maximum atomic E-state index is 13.3. The minimum Gasteiger partial charge on any atom is -0.325 e. The highest BCUT2D eigenvalue weighted by Crippen LogP contribution is 2.36. The van der Waals surface area contributed by atoms with Gasteiger partial charge in [-0.05, 0) is 49.4 Å². The number of benzene rings is 2. The van der Waals surface area contributed by atoms with E-state index in [0.717, 1.165) is 22.5 Å². The van der Waals surface area contributed by atoms with Gasteiger partial charge < -0.3 is 5.32 Å². The van der Waals surface area contributed by atoms with Crippen LogP contribution in [0.25, 0.3) is 0 Å². The van der Waals surface area contributed by atoms with Crippen LogP contribution in [0.2, 0.25) is 0 Å². The molecule has 2 heterocycles. The van der Waals surface area contributed by atoms with E-state index in [4.69, 9.17) is 9.98 Å². The number of amides is 2. The lowest BCUT2D eigenvalue weighted by molar-refractivity contribution is -0.125. The van der Waals surface area contributed by atoms with Crippen molar-refractivity contribution in [2.24, 2.45) is 15.9 Å². The lowest BCUT2D eigenvalue weighted by Gasteiger charge is -2.27. The van der Waals surface area contributed by atoms with Crippen LogP contribution >= 0.6 is 11.8 Å². The monoisotopic (exact) mass is 448 g/mol. The summed E-state index contributed by atoms with van der Waals surface area (Å²) in [5.74, 6) is 0.824. The van der Waals surface area contributed by atoms with Crippen molar-refractivity contribution in [3.05, 3.63) is 59.7 Å². The third-order valence-corrected chi connectivity index (χ3v) is 6.87. The first kappa shape index (κ1) is 22.3. The van der Waals surface area contributed by atoms with E-state index in [1.165, 1.54) is 11.8 Å². The number of nitrogens with zero attached hydrogens (tertiary/aromatic N) is 3. The standard InChI is InChI=1S/C25H28N4O2S/c1-5-21(23(30)27-18-12-8-6-10-16(18)4)32-25-28-19-13-9-7-11-17(19)22-26-20(14-15(2)3)24(31)29(22)25/h6-13,15,20-21H,5,14H2,1-4H3,(H,27,30)/t20-,21+/m0/s1. The molecule has 2 atom stereocenters. The maximum absolute atomic E-state index is 13.3. The second-order valence-electron chi connectivity index (χ2n) is 8.50. The number of rotatable bonds is 6. The molecule has 0 spiro atoms. The highest BCUT2D eigenvalue weighted by atomic mass is 32.2. The zero-order chi connectivity index (χ0) is 22.8. The molecule has 4 rings (SSSR count). The Morgan fingerprint density at radius 3 is 2.59 bits per heavy atom. The molecule has 2 aliphatic heterocycles. The van der Waals surface area contributed by atoms with Crippen molar-refractivity contribution in [2.75, 3.05) is 5.32 Å². The highest BCUT2D eigenvalue weighted by Gasteiger charge is 2.42. The average molecular weight is 449 g/mol. The number of nitrogens with one attached hydrogen (secondary N) is 1. The van der Waals surface area contributed by atoms with E-state index < -0.39 is 11.3 Å². The molecule has 32 heavy (non-hydrogen) atoms. The Bertz CT molecular complexity index is 1110. The summed E-state index contributed by atoms with van der Waals surface area (Å²) in [7, 11) is 0. The molecule has 2 amide bonds. The predicted molar refractivity (Wildman–Crippen MR) is 132 cm³/mol. The summed E-state index contributed by atoms with van der Waals surface area (Å²) in [4.78, 5) is 37.5. The number of para-hydroxylation sites is 2. The van der Waals surface area contributed by atoms with E-state index in [9.17, 15) is 9.59 Å². The molecule has 1 N–H and O–H groups in total. The van der Waals surface area contributed by atoms with Crippen molar-refractivity contribution >= 4 is 46.0 Å². The summed E-state index contributed by atoms with van der Waals surface area (Å²) >= 11 is 1.33. The van der Waals surface area contributed by atoms with E-state index in [1.807, 2.05) is 62.4 Å². The molecule has 6 nitrogen and oxygen atoms in total. The molecule has 0 saturated carbocycles. The molecule has 2 aromatic carbocycles. The SMILES string of the molecule is CC[C@@H](SC1=Nc2ccccc2C2=N[C@@H](CC(C)C)C(=O)N12)C(=O)Nc1ccccc1C. The van der Waals surface area contributed by atoms with E-state index in [0.29, 0.717) is 29.8 Å². The Morgan fingerprint density at radius 2 is 1.88 bits per heavy atom. The largest absolute Gasteiger partial charge is 0.325 e. The molecule has 0 bridgehead atoms. The van der Waals surface area contributed by atoms with Crippen molar-refractivity contribution in [2.45, 2.75) is 51.8 Å². The van der Waals surface area contributed by atoms with Crippen molar-refractivity contribution in [3.8, 4) is 0 Å². The summed E-state index contributed by atoms with van der Waals surface area (Å²) in [6, 6.07) is 15.0. The Labute approximate surface area is 193 Å². The molecule has 2 aliphatic rings. The normalized spacial score (nSPS) is 18.1. The lowest BCUT2D eigenvalue weighted by atomic mass is 10.0. The Hall–Kier alpha value is -2.93. The number of fused-ring (bicyclic) bond motifs is 3. The fourth-order valence-electron chi connectivity index (χ4n) is 3.86. The molecule has 166 valence electrons. The number of carbonyl (C=O) groups excluding carboxylic acids is 2. The Kier molecular flexibility index (Phi) is 6.46. The Balaban J connectivity index is 1.63. The topological polar surface area (TPSA) is 74.1 Å². The van der Waals surface area contributed by atoms with Crippen molar-refractivity contribution in [1.82, 2.24) is 4.90 Å². The number of thioether (sulfide) groups is 1. The van der Waals surface area contributed by atoms with Crippen molar-refractivity contribution < 1.29 is 9.59 Å². The number of amidine groups is 2. The van der Waals surface area contributed by atoms with Crippen LogP contribution in [0.4, 0.5) is 11.4 Å². The molecule has 0 aliphatic carbocycles. The van der Waals surface area contributed by atoms with Gasteiger partial charge in [-0.15, -0.1) is 0 Å². The van der Waals surface area contributed by atoms with Gasteiger partial charge in [-0.2, -0.15) is 0 Å². The smallest absolute Gasteiger partial charge is 0.259 e. The van der Waals surface area contributed by atoms with Gasteiger partial charge >= 0.3 is 0 Å². The molecular formula is C25H28N4O2S. The molecule has 0 aromatic heterocycles. The zero-order valence-corrected chi connectivity index (χ0v) is 19.6. The predicted octanol–water partition coefficient (Wildman–Crippen LogP) is 5.15. The van der Waals surface area contributed by atoms with Crippen LogP contribution in [-0.2, 0) is 9.59 Å². The summed E-state index contributed by atoms with van der Waals surface area (Å²) in [5, 5.41) is 3.15. The number of carbonyl (C=O) groups is 2. The van der Waals surface area contributed by atoms with Crippen molar-refractivity contribution in [3.63, 3.8) is 0 Å². The van der Waals surface area contributed by atoms with Crippen LogP contribution in [-0.4, -0.2) is 39.0 Å². The first-order valence-corrected chi connectivity index (χ1v) is 11.9. The first-order chi connectivity index (χ1) is 15.4. The van der Waals surface area contributed by atoms with Crippen LogP contribution in [0, 0.1) is 12.8 Å². The minimum absolute atomic E-state index is 0.0661. The summed E-state index contributed by atoms with van der Waals surface area (Å²) < 4.78 is 0. The van der Waals surface area contributed by atoms with Crippen molar-refractivity contribution in [1.29, 1.82) is 0 Å². The molecule has 0 saturated heterocycles. The van der Waals surface area contributed by atoms with Gasteiger partial charge in [0.15, 0.2) is 5.17 Å². The van der Waals surface area contributed by atoms with Gasteiger partial charge in [0.05, 0.1) is 10.9 Å². The van der Waals surface area contributed by atoms with Gasteiger partial charge in [0.25, 0.3) is 5.91 Å². The van der Waals surface area contributed by atoms with Gasteiger partial charge in [-0.3, -0.25) is 14.6 Å². The van der Waals surface area contributed by atoms with Crippen LogP contribution in [0.3, 0.4) is 0 Å². The van der Waals surface area contributed by atoms with Crippen LogP contribution < -0.4 is 5.32 Å². The summed E-state index contributed by atoms with van der Waals surface area (Å²) in [6.07, 6.45) is 1.29. The molecule has 0 unspecified atom stereocenters.